The van der Waals surface area contributed by atoms with Gasteiger partial charge < -0.3 is 61.4 Å². The smallest absolute Gasteiger partial charge is 0.308 e. The van der Waals surface area contributed by atoms with Crippen molar-refractivity contribution in [3.63, 3.8) is 0 Å². The number of nitrogens with two attached hydrogens (primary N) is 2. The number of hydrogen-bond acceptors (Lipinski definition) is 16. The van der Waals surface area contributed by atoms with Gasteiger partial charge in [0.25, 0.3) is 0 Å². The summed E-state index contributed by atoms with van der Waals surface area (Å²) in [6.45, 7) is 1.71. The number of carbonyl (C=O) groups is 4. The van der Waals surface area contributed by atoms with E-state index in [-0.39, 0.29) is 69.0 Å². The number of ether oxygens (including phenoxy) is 3. The van der Waals surface area contributed by atoms with Crippen molar-refractivity contribution in [1.82, 2.24) is 0 Å². The van der Waals surface area contributed by atoms with Crippen LogP contribution in [0.25, 0.3) is 12.2 Å². The summed E-state index contributed by atoms with van der Waals surface area (Å²) >= 11 is 0. The topological polar surface area (TPSA) is 290 Å². The number of rotatable bonds is 15. The predicted octanol–water partition coefficient (Wildman–Crippen LogP) is 1.96. The zero-order valence-electron chi connectivity index (χ0n) is 33.4. The van der Waals surface area contributed by atoms with Crippen molar-refractivity contribution in [2.75, 3.05) is 6.61 Å². The molecule has 1 fully saturated rings. The van der Waals surface area contributed by atoms with Gasteiger partial charge in [-0.3, -0.25) is 19.2 Å². The molecule has 0 spiro atoms. The van der Waals surface area contributed by atoms with Gasteiger partial charge in [0.2, 0.25) is 6.29 Å². The molecule has 4 aromatic carbocycles. The summed E-state index contributed by atoms with van der Waals surface area (Å²) in [6.07, 6.45) is -5.21. The Morgan fingerprint density at radius 2 is 1.62 bits per heavy atom. The van der Waals surface area contributed by atoms with E-state index in [2.05, 4.69) is 0 Å². The van der Waals surface area contributed by atoms with E-state index in [1.165, 1.54) is 25.1 Å². The molecule has 1 aliphatic heterocycles. The maximum atomic E-state index is 14.9. The number of benzene rings is 4. The molecule has 1 heterocycles. The lowest BCUT2D eigenvalue weighted by Gasteiger charge is -2.39. The maximum Gasteiger partial charge on any atom is 0.308 e. The van der Waals surface area contributed by atoms with Crippen molar-refractivity contribution in [1.29, 1.82) is 0 Å². The molecule has 0 aromatic heterocycles. The van der Waals surface area contributed by atoms with E-state index in [4.69, 9.17) is 30.8 Å². The highest BCUT2D eigenvalue weighted by molar-refractivity contribution is 6.31. The standard InChI is InChI=1S/C45H48N2O14/c1-21-38(53)42(57)43(58)45(59-21)61-34-18-31-37(39(54)30(34)16-25-8-4-10-28(44(46)47)32(25)20-50)41(56)35-26(19-49)17-33(60-22(2)51)29(36(35)40(31)55)12-11-23-6-3-7-24(14-23)15-27(52)9-5-13-48/h3-4,6-8,10-12,14,17-18,20-21,27,38,42-45,48-49,52-54,57-58H,5,9,13,15-16,19,46-47H2,1-2H3. The Morgan fingerprint density at radius 1 is 0.885 bits per heavy atom. The number of ketones is 2. The van der Waals surface area contributed by atoms with Gasteiger partial charge in [-0.2, -0.15) is 0 Å². The third-order valence-electron chi connectivity index (χ3n) is 10.8. The number of esters is 1. The third kappa shape index (κ3) is 9.18. The van der Waals surface area contributed by atoms with Gasteiger partial charge in [0.1, 0.15) is 35.6 Å². The van der Waals surface area contributed by atoms with Gasteiger partial charge in [-0.25, -0.2) is 0 Å². The zero-order chi connectivity index (χ0) is 44.3. The number of phenolic OH excluding ortho intramolecular Hbond substituents is 1. The first kappa shape index (κ1) is 44.9. The molecule has 0 bridgehead atoms. The number of hydrogen-bond donors (Lipinski definition) is 9. The lowest BCUT2D eigenvalue weighted by Crippen LogP contribution is -2.58. The number of fused-ring (bicyclic) bond motifs is 2. The van der Waals surface area contributed by atoms with Crippen molar-refractivity contribution in [3.05, 3.63) is 121 Å². The Morgan fingerprint density at radius 3 is 2.30 bits per heavy atom. The number of aldehydes is 1. The van der Waals surface area contributed by atoms with Gasteiger partial charge >= 0.3 is 5.97 Å². The van der Waals surface area contributed by atoms with Crippen LogP contribution in [0, 0.1) is 0 Å². The fraction of sp³-hybridized carbons (Fsp3) is 0.333. The molecule has 322 valence electrons. The molecular formula is C45H48N2O14. The van der Waals surface area contributed by atoms with E-state index in [0.717, 1.165) is 18.6 Å². The molecule has 1 aliphatic carbocycles. The third-order valence-corrected chi connectivity index (χ3v) is 10.8. The largest absolute Gasteiger partial charge is 0.507 e. The first-order chi connectivity index (χ1) is 29.1. The molecule has 6 unspecified atom stereocenters. The van der Waals surface area contributed by atoms with Crippen LogP contribution in [0.15, 0.2) is 54.6 Å². The van der Waals surface area contributed by atoms with E-state index in [1.54, 1.807) is 36.4 Å². The summed E-state index contributed by atoms with van der Waals surface area (Å²) < 4.78 is 17.3. The molecule has 6 atom stereocenters. The fourth-order valence-electron chi connectivity index (χ4n) is 7.73. The molecule has 1 saturated heterocycles. The van der Waals surface area contributed by atoms with E-state index in [0.29, 0.717) is 31.1 Å². The Kier molecular flexibility index (Phi) is 13.9. The molecule has 11 N–H and O–H groups in total. The molecule has 4 aromatic rings. The van der Waals surface area contributed by atoms with Crippen LogP contribution >= 0.6 is 0 Å². The quantitative estimate of drug-likeness (QED) is 0.0239. The monoisotopic (exact) mass is 840 g/mol. The molecule has 61 heavy (non-hydrogen) atoms. The van der Waals surface area contributed by atoms with Crippen LogP contribution in [0.5, 0.6) is 17.2 Å². The van der Waals surface area contributed by atoms with Crippen LogP contribution in [0.1, 0.15) is 114 Å². The summed E-state index contributed by atoms with van der Waals surface area (Å²) in [5.74, 6) is -3.75. The van der Waals surface area contributed by atoms with Crippen LogP contribution in [-0.2, 0) is 29.0 Å². The molecule has 16 nitrogen and oxygen atoms in total. The number of phenols is 1. The van der Waals surface area contributed by atoms with Crippen LogP contribution < -0.4 is 20.9 Å². The number of aromatic hydroxyl groups is 1. The Bertz CT molecular complexity index is 2380. The lowest BCUT2D eigenvalue weighted by molar-refractivity contribution is -0.268. The molecule has 2 aliphatic rings. The average molecular weight is 841 g/mol. The highest BCUT2D eigenvalue weighted by Crippen LogP contribution is 2.45. The second-order valence-electron chi connectivity index (χ2n) is 15.1. The molecule has 0 amide bonds. The summed E-state index contributed by atoms with van der Waals surface area (Å²) in [7, 11) is 0. The van der Waals surface area contributed by atoms with Crippen molar-refractivity contribution < 1.29 is 69.1 Å². The molecule has 6 rings (SSSR count). The fourth-order valence-corrected chi connectivity index (χ4v) is 7.73. The van der Waals surface area contributed by atoms with Crippen LogP contribution in [0.4, 0.5) is 0 Å². The normalized spacial score (nSPS) is 20.4. The summed E-state index contributed by atoms with van der Waals surface area (Å²) in [6, 6.07) is 14.1. The summed E-state index contributed by atoms with van der Waals surface area (Å²) in [5, 5.41) is 74.1. The van der Waals surface area contributed by atoms with Gasteiger partial charge in [-0.15, -0.1) is 0 Å². The van der Waals surface area contributed by atoms with E-state index in [1.807, 2.05) is 6.07 Å². The predicted molar refractivity (Wildman–Crippen MR) is 219 cm³/mol. The first-order valence-electron chi connectivity index (χ1n) is 19.6. The van der Waals surface area contributed by atoms with Gasteiger partial charge in [0, 0.05) is 53.3 Å². The lowest BCUT2D eigenvalue weighted by atomic mass is 9.77. The average Bonchev–Trinajstić information content (AvgIpc) is 3.23. The Labute approximate surface area is 350 Å². The van der Waals surface area contributed by atoms with Crippen molar-refractivity contribution >= 4 is 36.0 Å². The van der Waals surface area contributed by atoms with E-state index >= 15 is 0 Å². The second kappa shape index (κ2) is 18.9. The van der Waals surface area contributed by atoms with E-state index in [9.17, 15) is 49.8 Å². The second-order valence-corrected chi connectivity index (χ2v) is 15.1. The van der Waals surface area contributed by atoms with Crippen LogP contribution in [0.2, 0.25) is 0 Å². The van der Waals surface area contributed by atoms with Crippen molar-refractivity contribution in [2.24, 2.45) is 11.5 Å². The number of aliphatic hydroxyl groups excluding tert-OH is 6. The van der Waals surface area contributed by atoms with Gasteiger partial charge in [-0.05, 0) is 72.2 Å². The molecule has 0 saturated carbocycles. The zero-order valence-corrected chi connectivity index (χ0v) is 33.4. The summed E-state index contributed by atoms with van der Waals surface area (Å²) in [4.78, 5) is 54.4. The SMILES string of the molecule is CC(=O)Oc1cc(CO)c2c(c1C=Cc1cccc(CC(O)CCCO)c1)C(=O)c1cc(OC3OC(C)C(O)C(O)C3O)c(Cc3cccc(C(N)N)c3C=O)c(O)c1C2=O. The molecule has 16 heteroatoms. The van der Waals surface area contributed by atoms with Crippen molar-refractivity contribution in [3.8, 4) is 17.2 Å². The minimum atomic E-state index is -1.84. The molecular weight excluding hydrogens is 792 g/mol. The van der Waals surface area contributed by atoms with Gasteiger partial charge in [0.05, 0.1) is 30.5 Å². The highest BCUT2D eigenvalue weighted by atomic mass is 16.7. The van der Waals surface area contributed by atoms with E-state index < -0.39 is 84.0 Å². The minimum Gasteiger partial charge on any atom is -0.507 e. The molecule has 0 radical (unpaired) electrons. The van der Waals surface area contributed by atoms with Gasteiger partial charge in [-0.1, -0.05) is 48.5 Å². The van der Waals surface area contributed by atoms with Gasteiger partial charge in [0.15, 0.2) is 17.9 Å². The van der Waals surface area contributed by atoms with Crippen molar-refractivity contribution in [2.45, 2.75) is 89.1 Å². The van der Waals surface area contributed by atoms with Crippen LogP contribution in [-0.4, -0.2) is 103 Å². The minimum absolute atomic E-state index is 0.0200. The number of carbonyl (C=O) groups excluding carboxylic acids is 4. The summed E-state index contributed by atoms with van der Waals surface area (Å²) in [5.41, 5.74) is 12.2. The Hall–Kier alpha value is -5.66. The highest BCUT2D eigenvalue weighted by Gasteiger charge is 2.45. The first-order valence-corrected chi connectivity index (χ1v) is 19.6. The number of aliphatic hydroxyl groups is 6. The Balaban J connectivity index is 1.54. The van der Waals surface area contributed by atoms with Crippen LogP contribution in [0.3, 0.4) is 0 Å². The maximum absolute atomic E-state index is 14.9.